The van der Waals surface area contributed by atoms with Crippen molar-refractivity contribution in [1.29, 1.82) is 0 Å². The van der Waals surface area contributed by atoms with Gasteiger partial charge in [-0.1, -0.05) is 5.16 Å². The Morgan fingerprint density at radius 3 is 3.25 bits per heavy atom. The summed E-state index contributed by atoms with van der Waals surface area (Å²) in [6.45, 7) is 0.500. The predicted octanol–water partition coefficient (Wildman–Crippen LogP) is 0.821. The third-order valence-corrected chi connectivity index (χ3v) is 0.778. The Bertz CT molecular complexity index is 136. The number of hydrogen-bond acceptors (Lipinski definition) is 3. The smallest absolute Gasteiger partial charge is 0.162 e. The lowest BCUT2D eigenvalue weighted by atomic mass is 10.5. The van der Waals surface area contributed by atoms with Crippen LogP contribution in [0.25, 0.3) is 0 Å². The molecule has 0 bridgehead atoms. The van der Waals surface area contributed by atoms with E-state index in [0.29, 0.717) is 6.61 Å². The lowest BCUT2D eigenvalue weighted by Crippen LogP contribution is -1.81. The number of ether oxygens (including phenoxy) is 1. The Labute approximate surface area is 47.2 Å². The minimum Gasteiger partial charge on any atom is -0.377 e. The van der Waals surface area contributed by atoms with Crippen molar-refractivity contribution < 1.29 is 9.26 Å². The van der Waals surface area contributed by atoms with Crippen molar-refractivity contribution in [2.24, 2.45) is 0 Å². The molecule has 3 nitrogen and oxygen atoms in total. The van der Waals surface area contributed by atoms with Crippen molar-refractivity contribution in [3.63, 3.8) is 0 Å². The summed E-state index contributed by atoms with van der Waals surface area (Å²) in [5.74, 6) is 0.757. The van der Waals surface area contributed by atoms with Crippen LogP contribution in [-0.4, -0.2) is 12.3 Å². The molecule has 1 rings (SSSR count). The van der Waals surface area contributed by atoms with Crippen LogP contribution in [0.3, 0.4) is 0 Å². The number of aromatic nitrogens is 1. The van der Waals surface area contributed by atoms with Gasteiger partial charge in [0.25, 0.3) is 0 Å². The summed E-state index contributed by atoms with van der Waals surface area (Å²) >= 11 is 0. The first-order valence-electron chi connectivity index (χ1n) is 2.32. The molecule has 3 heteroatoms. The summed E-state index contributed by atoms with van der Waals surface area (Å²) in [5, 5.41) is 3.49. The van der Waals surface area contributed by atoms with E-state index < -0.39 is 0 Å². The van der Waals surface area contributed by atoms with Crippen molar-refractivity contribution in [3.05, 3.63) is 18.0 Å². The van der Waals surface area contributed by atoms with E-state index in [2.05, 4.69) is 5.16 Å². The molecule has 0 unspecified atom stereocenters. The molecule has 0 radical (unpaired) electrons. The topological polar surface area (TPSA) is 35.3 Å². The number of nitrogens with zero attached hydrogens (tertiary/aromatic N) is 1. The second-order valence-corrected chi connectivity index (χ2v) is 1.41. The van der Waals surface area contributed by atoms with Gasteiger partial charge in [-0.15, -0.1) is 0 Å². The zero-order valence-electron chi connectivity index (χ0n) is 4.63. The molecule has 0 spiro atoms. The third-order valence-electron chi connectivity index (χ3n) is 0.778. The van der Waals surface area contributed by atoms with Crippen LogP contribution in [-0.2, 0) is 11.3 Å². The molecule has 8 heavy (non-hydrogen) atoms. The van der Waals surface area contributed by atoms with Crippen LogP contribution in [0.2, 0.25) is 0 Å². The van der Waals surface area contributed by atoms with Gasteiger partial charge in [-0.3, -0.25) is 0 Å². The van der Waals surface area contributed by atoms with Gasteiger partial charge in [-0.2, -0.15) is 0 Å². The molecule has 0 saturated heterocycles. The average molecular weight is 113 g/mol. The summed E-state index contributed by atoms with van der Waals surface area (Å²) in [4.78, 5) is 0. The fourth-order valence-electron chi connectivity index (χ4n) is 0.459. The van der Waals surface area contributed by atoms with Crippen LogP contribution < -0.4 is 0 Å². The zero-order chi connectivity index (χ0) is 5.82. The predicted molar refractivity (Wildman–Crippen MR) is 27.2 cm³/mol. The fraction of sp³-hybridized carbons (Fsp3) is 0.400. The Balaban J connectivity index is 2.50. The largest absolute Gasteiger partial charge is 0.377 e. The van der Waals surface area contributed by atoms with Crippen LogP contribution in [0.1, 0.15) is 5.76 Å². The maximum atomic E-state index is 4.75. The van der Waals surface area contributed by atoms with Crippen molar-refractivity contribution in [3.8, 4) is 0 Å². The minimum absolute atomic E-state index is 0.500. The molecule has 0 aromatic carbocycles. The lowest BCUT2D eigenvalue weighted by molar-refractivity contribution is 0.156. The SMILES string of the molecule is COCc1ccno1. The van der Waals surface area contributed by atoms with Crippen LogP contribution >= 0.6 is 0 Å². The zero-order valence-corrected chi connectivity index (χ0v) is 4.63. The van der Waals surface area contributed by atoms with E-state index >= 15 is 0 Å². The van der Waals surface area contributed by atoms with Crippen LogP contribution in [0, 0.1) is 0 Å². The van der Waals surface area contributed by atoms with Crippen molar-refractivity contribution in [1.82, 2.24) is 5.16 Å². The summed E-state index contributed by atoms with van der Waals surface area (Å²) in [5.41, 5.74) is 0. The highest BCUT2D eigenvalue weighted by Crippen LogP contribution is 1.95. The van der Waals surface area contributed by atoms with Gasteiger partial charge < -0.3 is 9.26 Å². The highest BCUT2D eigenvalue weighted by Gasteiger charge is 1.91. The van der Waals surface area contributed by atoms with Crippen molar-refractivity contribution >= 4 is 0 Å². The monoisotopic (exact) mass is 113 g/mol. The van der Waals surface area contributed by atoms with E-state index in [0.717, 1.165) is 5.76 Å². The quantitative estimate of drug-likeness (QED) is 0.569. The van der Waals surface area contributed by atoms with E-state index in [4.69, 9.17) is 9.26 Å². The summed E-state index contributed by atoms with van der Waals surface area (Å²) in [7, 11) is 1.61. The number of rotatable bonds is 2. The standard InChI is InChI=1S/C5H7NO2/c1-7-4-5-2-3-6-8-5/h2-3H,4H2,1H3. The van der Waals surface area contributed by atoms with Gasteiger partial charge in [0.05, 0.1) is 6.20 Å². The molecule has 0 saturated carbocycles. The Kier molecular flexibility index (Phi) is 1.64. The molecule has 1 aromatic rings. The van der Waals surface area contributed by atoms with E-state index in [1.165, 1.54) is 0 Å². The van der Waals surface area contributed by atoms with E-state index in [1.807, 2.05) is 0 Å². The van der Waals surface area contributed by atoms with Gasteiger partial charge in [-0.05, 0) is 0 Å². The van der Waals surface area contributed by atoms with E-state index in [9.17, 15) is 0 Å². The minimum atomic E-state index is 0.500. The van der Waals surface area contributed by atoms with Gasteiger partial charge in [0.1, 0.15) is 6.61 Å². The first-order valence-corrected chi connectivity index (χ1v) is 2.32. The Morgan fingerprint density at radius 1 is 1.88 bits per heavy atom. The van der Waals surface area contributed by atoms with Gasteiger partial charge >= 0.3 is 0 Å². The van der Waals surface area contributed by atoms with Crippen LogP contribution in [0.4, 0.5) is 0 Å². The highest BCUT2D eigenvalue weighted by molar-refractivity contribution is 4.89. The maximum absolute atomic E-state index is 4.75. The highest BCUT2D eigenvalue weighted by atomic mass is 16.5. The molecular weight excluding hydrogens is 106 g/mol. The molecule has 0 atom stereocenters. The third kappa shape index (κ3) is 1.07. The van der Waals surface area contributed by atoms with E-state index in [-0.39, 0.29) is 0 Å². The molecule has 44 valence electrons. The molecule has 0 aliphatic carbocycles. The number of methoxy groups -OCH3 is 1. The molecular formula is C5H7NO2. The molecule has 0 aliphatic rings. The van der Waals surface area contributed by atoms with Gasteiger partial charge in [0.2, 0.25) is 0 Å². The van der Waals surface area contributed by atoms with Gasteiger partial charge in [0, 0.05) is 13.2 Å². The molecule has 0 amide bonds. The Hall–Kier alpha value is -0.830. The van der Waals surface area contributed by atoms with Crippen LogP contribution in [0.15, 0.2) is 16.8 Å². The number of hydrogen-bond donors (Lipinski definition) is 0. The molecule has 0 aliphatic heterocycles. The van der Waals surface area contributed by atoms with Crippen molar-refractivity contribution in [2.45, 2.75) is 6.61 Å². The second kappa shape index (κ2) is 2.47. The maximum Gasteiger partial charge on any atom is 0.162 e. The molecule has 1 heterocycles. The first kappa shape index (κ1) is 5.31. The Morgan fingerprint density at radius 2 is 2.75 bits per heavy atom. The van der Waals surface area contributed by atoms with Crippen molar-refractivity contribution in [2.75, 3.05) is 7.11 Å². The summed E-state index contributed by atoms with van der Waals surface area (Å²) < 4.78 is 9.45. The molecule has 1 aromatic heterocycles. The van der Waals surface area contributed by atoms with Gasteiger partial charge in [0.15, 0.2) is 5.76 Å². The van der Waals surface area contributed by atoms with E-state index in [1.54, 1.807) is 19.4 Å². The fourth-order valence-corrected chi connectivity index (χ4v) is 0.459. The van der Waals surface area contributed by atoms with Gasteiger partial charge in [-0.25, -0.2) is 0 Å². The first-order chi connectivity index (χ1) is 3.93. The summed E-state index contributed by atoms with van der Waals surface area (Å²) in [6.07, 6.45) is 1.59. The average Bonchev–Trinajstić information content (AvgIpc) is 2.19. The normalized spacial score (nSPS) is 9.62. The van der Waals surface area contributed by atoms with Crippen LogP contribution in [0.5, 0.6) is 0 Å². The molecule has 0 fully saturated rings. The summed E-state index contributed by atoms with van der Waals surface area (Å²) in [6, 6.07) is 1.77. The second-order valence-electron chi connectivity index (χ2n) is 1.41. The molecule has 0 N–H and O–H groups in total. The lowest BCUT2D eigenvalue weighted by Gasteiger charge is -1.86.